The molecule has 0 saturated carbocycles. The molecule has 108 valence electrons. The summed E-state index contributed by atoms with van der Waals surface area (Å²) in [6.07, 6.45) is 1.70. The first-order chi connectivity index (χ1) is 10.1. The third-order valence-corrected chi connectivity index (χ3v) is 4.45. The smallest absolute Gasteiger partial charge is 0.165 e. The Morgan fingerprint density at radius 2 is 2.14 bits per heavy atom. The predicted octanol–water partition coefficient (Wildman–Crippen LogP) is 4.37. The molecular formula is C15H15ClN4S. The fraction of sp³-hybridized carbons (Fsp3) is 0.200. The number of thiophene rings is 1. The number of nitrogens with one attached hydrogen (secondary N) is 1. The lowest BCUT2D eigenvalue weighted by molar-refractivity contribution is 0.886. The van der Waals surface area contributed by atoms with E-state index in [-0.39, 0.29) is 6.04 Å². The Bertz CT molecular complexity index is 749. The van der Waals surface area contributed by atoms with Gasteiger partial charge < -0.3 is 9.88 Å². The summed E-state index contributed by atoms with van der Waals surface area (Å²) in [4.78, 5) is 0. The van der Waals surface area contributed by atoms with Crippen LogP contribution in [0, 0.1) is 0 Å². The standard InChI is InChI=1S/C15H15ClN4S/c1-10(11-7-14(16)21-8-11)18-13-6-4-3-5-12(13)15-19-17-9-20(15)2/h3-10,18H,1-2H3. The number of aromatic nitrogens is 3. The highest BCUT2D eigenvalue weighted by molar-refractivity contribution is 7.14. The van der Waals surface area contributed by atoms with Crippen molar-refractivity contribution < 1.29 is 0 Å². The topological polar surface area (TPSA) is 42.7 Å². The highest BCUT2D eigenvalue weighted by Crippen LogP contribution is 2.31. The molecule has 0 aliphatic rings. The fourth-order valence-corrected chi connectivity index (χ4v) is 3.18. The van der Waals surface area contributed by atoms with Crippen LogP contribution >= 0.6 is 22.9 Å². The van der Waals surface area contributed by atoms with Crippen LogP contribution in [0.4, 0.5) is 5.69 Å². The van der Waals surface area contributed by atoms with Crippen LogP contribution in [0.5, 0.6) is 0 Å². The number of benzene rings is 1. The van der Waals surface area contributed by atoms with E-state index in [0.29, 0.717) is 0 Å². The Hall–Kier alpha value is -1.85. The summed E-state index contributed by atoms with van der Waals surface area (Å²) < 4.78 is 2.72. The number of rotatable bonds is 4. The van der Waals surface area contributed by atoms with Gasteiger partial charge in [-0.05, 0) is 36.1 Å². The van der Waals surface area contributed by atoms with Crippen LogP contribution in [0.1, 0.15) is 18.5 Å². The minimum atomic E-state index is 0.170. The highest BCUT2D eigenvalue weighted by atomic mass is 35.5. The van der Waals surface area contributed by atoms with Gasteiger partial charge in [0.15, 0.2) is 5.82 Å². The van der Waals surface area contributed by atoms with Gasteiger partial charge >= 0.3 is 0 Å². The maximum atomic E-state index is 6.01. The predicted molar refractivity (Wildman–Crippen MR) is 87.8 cm³/mol. The minimum Gasteiger partial charge on any atom is -0.378 e. The molecule has 0 aliphatic heterocycles. The van der Waals surface area contributed by atoms with Gasteiger partial charge in [-0.2, -0.15) is 0 Å². The number of anilines is 1. The van der Waals surface area contributed by atoms with E-state index in [2.05, 4.69) is 33.9 Å². The van der Waals surface area contributed by atoms with Crippen LogP contribution in [0.3, 0.4) is 0 Å². The molecule has 0 fully saturated rings. The van der Waals surface area contributed by atoms with Gasteiger partial charge in [0.1, 0.15) is 6.33 Å². The third kappa shape index (κ3) is 2.94. The zero-order valence-corrected chi connectivity index (χ0v) is 13.3. The first-order valence-corrected chi connectivity index (χ1v) is 7.85. The van der Waals surface area contributed by atoms with E-state index >= 15 is 0 Å². The molecule has 0 radical (unpaired) electrons. The van der Waals surface area contributed by atoms with Crippen molar-refractivity contribution in [1.29, 1.82) is 0 Å². The second-order valence-electron chi connectivity index (χ2n) is 4.86. The molecule has 1 aromatic carbocycles. The average molecular weight is 319 g/mol. The number of nitrogens with zero attached hydrogens (tertiary/aromatic N) is 3. The van der Waals surface area contributed by atoms with Crippen molar-refractivity contribution in [1.82, 2.24) is 14.8 Å². The quantitative estimate of drug-likeness (QED) is 0.776. The first-order valence-electron chi connectivity index (χ1n) is 6.59. The Balaban J connectivity index is 1.91. The largest absolute Gasteiger partial charge is 0.378 e. The highest BCUT2D eigenvalue weighted by Gasteiger charge is 2.13. The average Bonchev–Trinajstić information content (AvgIpc) is 3.08. The molecular weight excluding hydrogens is 304 g/mol. The number of hydrogen-bond donors (Lipinski definition) is 1. The van der Waals surface area contributed by atoms with Crippen molar-refractivity contribution in [3.8, 4) is 11.4 Å². The van der Waals surface area contributed by atoms with Crippen molar-refractivity contribution in [3.63, 3.8) is 0 Å². The molecule has 1 N–H and O–H groups in total. The Morgan fingerprint density at radius 1 is 1.33 bits per heavy atom. The lowest BCUT2D eigenvalue weighted by Gasteiger charge is -2.17. The van der Waals surface area contributed by atoms with Crippen LogP contribution in [0.2, 0.25) is 4.34 Å². The zero-order valence-electron chi connectivity index (χ0n) is 11.7. The Morgan fingerprint density at radius 3 is 2.81 bits per heavy atom. The third-order valence-electron chi connectivity index (χ3n) is 3.34. The van der Waals surface area contributed by atoms with Crippen LogP contribution < -0.4 is 5.32 Å². The minimum absolute atomic E-state index is 0.170. The molecule has 2 heterocycles. The molecule has 4 nitrogen and oxygen atoms in total. The van der Waals surface area contributed by atoms with Gasteiger partial charge in [0.25, 0.3) is 0 Å². The van der Waals surface area contributed by atoms with E-state index in [1.807, 2.05) is 35.9 Å². The summed E-state index contributed by atoms with van der Waals surface area (Å²) >= 11 is 7.56. The molecule has 2 aromatic heterocycles. The second kappa shape index (κ2) is 5.87. The second-order valence-corrected chi connectivity index (χ2v) is 6.40. The van der Waals surface area contributed by atoms with Crippen LogP contribution in [0.15, 0.2) is 42.0 Å². The molecule has 6 heteroatoms. The van der Waals surface area contributed by atoms with E-state index in [9.17, 15) is 0 Å². The van der Waals surface area contributed by atoms with Gasteiger partial charge in [0.05, 0.1) is 4.34 Å². The normalized spacial score (nSPS) is 12.3. The monoisotopic (exact) mass is 318 g/mol. The molecule has 0 saturated heterocycles. The lowest BCUT2D eigenvalue weighted by atomic mass is 10.1. The van der Waals surface area contributed by atoms with Gasteiger partial charge in [0.2, 0.25) is 0 Å². The van der Waals surface area contributed by atoms with Crippen molar-refractivity contribution in [2.75, 3.05) is 5.32 Å². The molecule has 0 spiro atoms. The Labute approximate surface area is 132 Å². The van der Waals surface area contributed by atoms with Gasteiger partial charge in [-0.3, -0.25) is 0 Å². The molecule has 1 atom stereocenters. The summed E-state index contributed by atoms with van der Waals surface area (Å²) in [5, 5.41) is 13.7. The number of halogens is 1. The van der Waals surface area contributed by atoms with Crippen molar-refractivity contribution >= 4 is 28.6 Å². The number of hydrogen-bond acceptors (Lipinski definition) is 4. The molecule has 3 aromatic rings. The number of para-hydroxylation sites is 1. The number of aryl methyl sites for hydroxylation is 1. The van der Waals surface area contributed by atoms with Crippen molar-refractivity contribution in [3.05, 3.63) is 51.9 Å². The molecule has 0 bridgehead atoms. The van der Waals surface area contributed by atoms with Gasteiger partial charge in [-0.25, -0.2) is 0 Å². The molecule has 0 aliphatic carbocycles. The van der Waals surface area contributed by atoms with E-state index < -0.39 is 0 Å². The maximum Gasteiger partial charge on any atom is 0.165 e. The summed E-state index contributed by atoms with van der Waals surface area (Å²) in [7, 11) is 1.94. The first kappa shape index (κ1) is 14.1. The van der Waals surface area contributed by atoms with E-state index in [1.54, 1.807) is 17.7 Å². The van der Waals surface area contributed by atoms with Gasteiger partial charge in [-0.1, -0.05) is 23.7 Å². The summed E-state index contributed by atoms with van der Waals surface area (Å²) in [6.45, 7) is 2.12. The molecule has 3 rings (SSSR count). The molecule has 21 heavy (non-hydrogen) atoms. The van der Waals surface area contributed by atoms with E-state index in [0.717, 1.165) is 21.4 Å². The molecule has 0 amide bonds. The van der Waals surface area contributed by atoms with Crippen LogP contribution in [-0.2, 0) is 7.05 Å². The SMILES string of the molecule is CC(Nc1ccccc1-c1nncn1C)c1csc(Cl)c1. The maximum absolute atomic E-state index is 6.01. The fourth-order valence-electron chi connectivity index (χ4n) is 2.20. The van der Waals surface area contributed by atoms with E-state index in [1.165, 1.54) is 5.56 Å². The van der Waals surface area contributed by atoms with Crippen LogP contribution in [-0.4, -0.2) is 14.8 Å². The summed E-state index contributed by atoms with van der Waals surface area (Å²) in [5.74, 6) is 0.841. The van der Waals surface area contributed by atoms with E-state index in [4.69, 9.17) is 11.6 Å². The summed E-state index contributed by atoms with van der Waals surface area (Å²) in [6, 6.07) is 10.3. The lowest BCUT2D eigenvalue weighted by Crippen LogP contribution is -2.07. The zero-order chi connectivity index (χ0) is 14.8. The Kier molecular flexibility index (Phi) is 3.94. The summed E-state index contributed by atoms with van der Waals surface area (Å²) in [5.41, 5.74) is 3.24. The van der Waals surface area contributed by atoms with Gasteiger partial charge in [-0.15, -0.1) is 21.5 Å². The van der Waals surface area contributed by atoms with Crippen LogP contribution in [0.25, 0.3) is 11.4 Å². The molecule has 1 unspecified atom stereocenters. The van der Waals surface area contributed by atoms with Crippen molar-refractivity contribution in [2.24, 2.45) is 7.05 Å². The van der Waals surface area contributed by atoms with Crippen molar-refractivity contribution in [2.45, 2.75) is 13.0 Å². The van der Waals surface area contributed by atoms with Gasteiger partial charge in [0, 0.05) is 24.3 Å².